The van der Waals surface area contributed by atoms with Crippen molar-refractivity contribution in [3.63, 3.8) is 0 Å². The van der Waals surface area contributed by atoms with Crippen molar-refractivity contribution in [2.45, 2.75) is 63.8 Å². The molecule has 2 fully saturated rings. The van der Waals surface area contributed by atoms with Crippen LogP contribution in [-0.2, 0) is 16.0 Å². The Balaban J connectivity index is 1.34. The van der Waals surface area contributed by atoms with Crippen molar-refractivity contribution in [3.8, 4) is 0 Å². The van der Waals surface area contributed by atoms with Gasteiger partial charge in [-0.05, 0) is 68.6 Å². The lowest BCUT2D eigenvalue weighted by Crippen LogP contribution is -2.56. The van der Waals surface area contributed by atoms with Crippen LogP contribution >= 0.6 is 0 Å². The van der Waals surface area contributed by atoms with Crippen LogP contribution in [0.15, 0.2) is 35.9 Å². The lowest BCUT2D eigenvalue weighted by Gasteiger charge is -2.47. The van der Waals surface area contributed by atoms with E-state index in [9.17, 15) is 14.0 Å². The fraction of sp³-hybridized carbons (Fsp3) is 0.583. The molecule has 2 aliphatic heterocycles. The van der Waals surface area contributed by atoms with Crippen molar-refractivity contribution in [2.75, 3.05) is 19.6 Å². The largest absolute Gasteiger partial charge is 0.342 e. The first kappa shape index (κ1) is 20.1. The van der Waals surface area contributed by atoms with Gasteiger partial charge in [0, 0.05) is 32.1 Å². The summed E-state index contributed by atoms with van der Waals surface area (Å²) in [5, 5.41) is 0. The van der Waals surface area contributed by atoms with Crippen molar-refractivity contribution in [2.24, 2.45) is 5.92 Å². The Morgan fingerprint density at radius 1 is 0.966 bits per heavy atom. The van der Waals surface area contributed by atoms with E-state index >= 15 is 0 Å². The van der Waals surface area contributed by atoms with E-state index in [0.717, 1.165) is 50.8 Å². The van der Waals surface area contributed by atoms with Gasteiger partial charge in [0.2, 0.25) is 11.8 Å². The highest BCUT2D eigenvalue weighted by Gasteiger charge is 2.39. The van der Waals surface area contributed by atoms with E-state index in [4.69, 9.17) is 0 Å². The van der Waals surface area contributed by atoms with Crippen LogP contribution in [0.4, 0.5) is 4.39 Å². The molecule has 1 aliphatic carbocycles. The Labute approximate surface area is 172 Å². The minimum Gasteiger partial charge on any atom is -0.342 e. The van der Waals surface area contributed by atoms with E-state index in [-0.39, 0.29) is 23.7 Å². The fourth-order valence-corrected chi connectivity index (χ4v) is 5.19. The van der Waals surface area contributed by atoms with Gasteiger partial charge in [-0.1, -0.05) is 23.8 Å². The number of piperidine rings is 2. The van der Waals surface area contributed by atoms with Crippen molar-refractivity contribution >= 4 is 11.8 Å². The minimum atomic E-state index is -0.280. The molecule has 0 unspecified atom stereocenters. The molecule has 4 nitrogen and oxygen atoms in total. The van der Waals surface area contributed by atoms with Gasteiger partial charge >= 0.3 is 0 Å². The van der Waals surface area contributed by atoms with Crippen LogP contribution < -0.4 is 0 Å². The number of halogens is 1. The summed E-state index contributed by atoms with van der Waals surface area (Å²) in [7, 11) is 0. The van der Waals surface area contributed by atoms with Gasteiger partial charge in [-0.2, -0.15) is 0 Å². The van der Waals surface area contributed by atoms with E-state index in [1.165, 1.54) is 30.5 Å². The van der Waals surface area contributed by atoms with Gasteiger partial charge < -0.3 is 9.80 Å². The Kier molecular flexibility index (Phi) is 6.31. The van der Waals surface area contributed by atoms with Crippen LogP contribution in [0.2, 0.25) is 0 Å². The summed E-state index contributed by atoms with van der Waals surface area (Å²) < 4.78 is 13.1. The average Bonchev–Trinajstić information content (AvgIpc) is 2.75. The van der Waals surface area contributed by atoms with Crippen LogP contribution in [-0.4, -0.2) is 47.3 Å². The summed E-state index contributed by atoms with van der Waals surface area (Å²) in [4.78, 5) is 29.8. The van der Waals surface area contributed by atoms with Crippen molar-refractivity contribution in [3.05, 3.63) is 47.3 Å². The number of likely N-dealkylation sites (tertiary alicyclic amines) is 2. The van der Waals surface area contributed by atoms with Gasteiger partial charge in [0.15, 0.2) is 0 Å². The first-order valence-electron chi connectivity index (χ1n) is 11.1. The van der Waals surface area contributed by atoms with Crippen molar-refractivity contribution in [1.29, 1.82) is 0 Å². The third kappa shape index (κ3) is 4.88. The normalized spacial score (nSPS) is 24.7. The van der Waals surface area contributed by atoms with Crippen molar-refractivity contribution in [1.82, 2.24) is 9.80 Å². The second-order valence-electron chi connectivity index (χ2n) is 8.77. The number of fused-ring (bicyclic) bond motifs is 1. The molecule has 0 bridgehead atoms. The zero-order chi connectivity index (χ0) is 20.2. The van der Waals surface area contributed by atoms with Gasteiger partial charge in [0.1, 0.15) is 5.82 Å². The van der Waals surface area contributed by atoms with E-state index in [2.05, 4.69) is 11.0 Å². The van der Waals surface area contributed by atoms with Gasteiger partial charge in [0.05, 0.1) is 6.42 Å². The number of hydrogen-bond donors (Lipinski definition) is 0. The lowest BCUT2D eigenvalue weighted by atomic mass is 9.83. The molecule has 0 spiro atoms. The predicted octanol–water partition coefficient (Wildman–Crippen LogP) is 4.10. The number of allylic oxidation sites excluding steroid dienone is 1. The smallest absolute Gasteiger partial charge is 0.227 e. The number of rotatable bonds is 4. The summed E-state index contributed by atoms with van der Waals surface area (Å²) in [5.41, 5.74) is 2.16. The molecule has 0 radical (unpaired) electrons. The Bertz CT molecular complexity index is 774. The second-order valence-corrected chi connectivity index (χ2v) is 8.77. The SMILES string of the molecule is O=C(Cc1ccc(F)cc1)N1CC[C@@H]2[C@H](CCCN2C(=O)CC2=CCCCC2)C1. The standard InChI is InChI=1S/C24H31FN2O2/c25-21-10-8-19(9-11-21)15-23(28)26-14-12-22-20(17-26)7-4-13-27(22)24(29)16-18-5-2-1-3-6-18/h5,8-11,20,22H,1-4,6-7,12-17H2/t20-,22-/m1/s1. The number of nitrogens with zero attached hydrogens (tertiary/aromatic N) is 2. The van der Waals surface area contributed by atoms with Gasteiger partial charge in [-0.3, -0.25) is 9.59 Å². The highest BCUT2D eigenvalue weighted by atomic mass is 19.1. The molecule has 3 aliphatic rings. The molecule has 1 aromatic carbocycles. The van der Waals surface area contributed by atoms with Gasteiger partial charge in [-0.25, -0.2) is 4.39 Å². The van der Waals surface area contributed by atoms with Crippen LogP contribution in [0.1, 0.15) is 56.9 Å². The molecule has 0 saturated carbocycles. The number of carbonyl (C=O) groups is 2. The van der Waals surface area contributed by atoms with E-state index in [1.54, 1.807) is 12.1 Å². The molecule has 2 heterocycles. The number of hydrogen-bond acceptors (Lipinski definition) is 2. The van der Waals surface area contributed by atoms with E-state index in [0.29, 0.717) is 25.3 Å². The topological polar surface area (TPSA) is 40.6 Å². The quantitative estimate of drug-likeness (QED) is 0.717. The highest BCUT2D eigenvalue weighted by molar-refractivity contribution is 5.80. The second kappa shape index (κ2) is 9.10. The fourth-order valence-electron chi connectivity index (χ4n) is 5.19. The third-order valence-corrected chi connectivity index (χ3v) is 6.77. The van der Waals surface area contributed by atoms with Crippen LogP contribution in [0.3, 0.4) is 0 Å². The molecule has 4 rings (SSSR count). The van der Waals surface area contributed by atoms with E-state index < -0.39 is 0 Å². The number of amides is 2. The monoisotopic (exact) mass is 398 g/mol. The number of benzene rings is 1. The first-order valence-corrected chi connectivity index (χ1v) is 11.1. The molecule has 0 aromatic heterocycles. The number of carbonyl (C=O) groups excluding carboxylic acids is 2. The summed E-state index contributed by atoms with van der Waals surface area (Å²) in [6.07, 6.45) is 10.8. The molecular weight excluding hydrogens is 367 g/mol. The summed E-state index contributed by atoms with van der Waals surface area (Å²) in [6, 6.07) is 6.44. The molecule has 2 amide bonds. The summed E-state index contributed by atoms with van der Waals surface area (Å²) >= 11 is 0. The third-order valence-electron chi connectivity index (χ3n) is 6.77. The van der Waals surface area contributed by atoms with Gasteiger partial charge in [-0.15, -0.1) is 0 Å². The maximum Gasteiger partial charge on any atom is 0.227 e. The summed E-state index contributed by atoms with van der Waals surface area (Å²) in [6.45, 7) is 2.29. The van der Waals surface area contributed by atoms with Crippen molar-refractivity contribution < 1.29 is 14.0 Å². The maximum atomic E-state index is 13.1. The highest BCUT2D eigenvalue weighted by Crippen LogP contribution is 2.32. The first-order chi connectivity index (χ1) is 14.1. The molecule has 2 atom stereocenters. The molecule has 1 aromatic rings. The zero-order valence-corrected chi connectivity index (χ0v) is 17.1. The predicted molar refractivity (Wildman–Crippen MR) is 111 cm³/mol. The molecule has 5 heteroatoms. The van der Waals surface area contributed by atoms with Crippen LogP contribution in [0.25, 0.3) is 0 Å². The Hall–Kier alpha value is -2.17. The molecule has 2 saturated heterocycles. The van der Waals surface area contributed by atoms with Crippen LogP contribution in [0.5, 0.6) is 0 Å². The molecule has 29 heavy (non-hydrogen) atoms. The average molecular weight is 399 g/mol. The van der Waals surface area contributed by atoms with E-state index in [1.807, 2.05) is 4.90 Å². The summed E-state index contributed by atoms with van der Waals surface area (Å²) in [5.74, 6) is 0.474. The molecule has 156 valence electrons. The van der Waals surface area contributed by atoms with Crippen LogP contribution in [0, 0.1) is 11.7 Å². The minimum absolute atomic E-state index is 0.103. The molecule has 0 N–H and O–H groups in total. The lowest BCUT2D eigenvalue weighted by molar-refractivity contribution is -0.141. The zero-order valence-electron chi connectivity index (χ0n) is 17.1. The Morgan fingerprint density at radius 2 is 1.79 bits per heavy atom. The molecular formula is C24H31FN2O2. The Morgan fingerprint density at radius 3 is 2.55 bits per heavy atom. The maximum absolute atomic E-state index is 13.1. The van der Waals surface area contributed by atoms with Gasteiger partial charge in [0.25, 0.3) is 0 Å².